The van der Waals surface area contributed by atoms with Crippen LogP contribution < -0.4 is 10.2 Å². The molecular formula is C21H28N4O. The molecule has 0 saturated carbocycles. The molecule has 2 heterocycles. The molecule has 1 aromatic carbocycles. The molecule has 5 heteroatoms. The van der Waals surface area contributed by atoms with Crippen molar-refractivity contribution in [2.45, 2.75) is 39.0 Å². The first kappa shape index (κ1) is 18.4. The minimum atomic E-state index is 0.0303. The van der Waals surface area contributed by atoms with Crippen molar-refractivity contribution in [3.8, 4) is 11.1 Å². The van der Waals surface area contributed by atoms with Gasteiger partial charge in [-0.1, -0.05) is 50.1 Å². The smallest absolute Gasteiger partial charge is 0.225 e. The Labute approximate surface area is 155 Å². The zero-order chi connectivity index (χ0) is 18.2. The van der Waals surface area contributed by atoms with Crippen LogP contribution in [-0.2, 0) is 4.79 Å². The highest BCUT2D eigenvalue weighted by Crippen LogP contribution is 2.22. The van der Waals surface area contributed by atoms with E-state index in [4.69, 9.17) is 0 Å². The zero-order valence-electron chi connectivity index (χ0n) is 15.5. The molecule has 0 bridgehead atoms. The molecule has 5 nitrogen and oxygen atoms in total. The van der Waals surface area contributed by atoms with Crippen LogP contribution in [0.2, 0.25) is 0 Å². The van der Waals surface area contributed by atoms with Crippen LogP contribution in [0.5, 0.6) is 0 Å². The van der Waals surface area contributed by atoms with Crippen LogP contribution in [0.25, 0.3) is 11.1 Å². The van der Waals surface area contributed by atoms with E-state index in [2.05, 4.69) is 39.2 Å². The summed E-state index contributed by atoms with van der Waals surface area (Å²) in [4.78, 5) is 23.6. The molecule has 26 heavy (non-hydrogen) atoms. The van der Waals surface area contributed by atoms with Crippen LogP contribution in [0, 0.1) is 5.92 Å². The minimum absolute atomic E-state index is 0.0303. The standard InChI is InChI=1S/C21H28N4O/c1-2-3-7-12-22-20(26)18-11-8-13-25(16-18)21-23-14-19(15-24-21)17-9-5-4-6-10-17/h4-6,9-10,14-15,18H,2-3,7-8,11-13,16H2,1H3,(H,22,26)/t18-/m0/s1. The SMILES string of the molecule is CCCCCNC(=O)[C@H]1CCCN(c2ncc(-c3ccccc3)cn2)C1. The monoisotopic (exact) mass is 352 g/mol. The normalized spacial score (nSPS) is 17.1. The molecule has 0 aliphatic carbocycles. The van der Waals surface area contributed by atoms with Gasteiger partial charge < -0.3 is 10.2 Å². The maximum Gasteiger partial charge on any atom is 0.225 e. The van der Waals surface area contributed by atoms with Gasteiger partial charge in [0.15, 0.2) is 0 Å². The van der Waals surface area contributed by atoms with Gasteiger partial charge in [0.05, 0.1) is 5.92 Å². The molecule has 1 atom stereocenters. The van der Waals surface area contributed by atoms with Gasteiger partial charge >= 0.3 is 0 Å². The number of carbonyl (C=O) groups excluding carboxylic acids is 1. The highest BCUT2D eigenvalue weighted by atomic mass is 16.1. The summed E-state index contributed by atoms with van der Waals surface area (Å²) in [6, 6.07) is 10.1. The van der Waals surface area contributed by atoms with Crippen LogP contribution in [0.1, 0.15) is 39.0 Å². The number of amides is 1. The summed E-state index contributed by atoms with van der Waals surface area (Å²) in [5, 5.41) is 3.08. The molecule has 0 spiro atoms. The Morgan fingerprint density at radius 1 is 1.15 bits per heavy atom. The number of hydrogen-bond acceptors (Lipinski definition) is 4. The lowest BCUT2D eigenvalue weighted by molar-refractivity contribution is -0.125. The lowest BCUT2D eigenvalue weighted by Gasteiger charge is -2.32. The van der Waals surface area contributed by atoms with Crippen molar-refractivity contribution in [3.05, 3.63) is 42.7 Å². The fraction of sp³-hybridized carbons (Fsp3) is 0.476. The lowest BCUT2D eigenvalue weighted by atomic mass is 9.97. The summed E-state index contributed by atoms with van der Waals surface area (Å²) in [5.74, 6) is 0.919. The molecule has 3 rings (SSSR count). The fourth-order valence-corrected chi connectivity index (χ4v) is 3.37. The van der Waals surface area contributed by atoms with Gasteiger partial charge in [-0.3, -0.25) is 4.79 Å². The Morgan fingerprint density at radius 3 is 2.65 bits per heavy atom. The minimum Gasteiger partial charge on any atom is -0.356 e. The summed E-state index contributed by atoms with van der Waals surface area (Å²) in [7, 11) is 0. The van der Waals surface area contributed by atoms with Gasteiger partial charge in [-0.15, -0.1) is 0 Å². The summed E-state index contributed by atoms with van der Waals surface area (Å²) in [6.45, 7) is 4.56. The fourth-order valence-electron chi connectivity index (χ4n) is 3.37. The third-order valence-corrected chi connectivity index (χ3v) is 4.90. The maximum atomic E-state index is 12.4. The van der Waals surface area contributed by atoms with Crippen LogP contribution in [0.3, 0.4) is 0 Å². The molecule has 1 aromatic heterocycles. The Hall–Kier alpha value is -2.43. The third-order valence-electron chi connectivity index (χ3n) is 4.90. The van der Waals surface area contributed by atoms with Crippen molar-refractivity contribution in [1.82, 2.24) is 15.3 Å². The second-order valence-electron chi connectivity index (χ2n) is 6.92. The van der Waals surface area contributed by atoms with E-state index in [0.717, 1.165) is 43.5 Å². The summed E-state index contributed by atoms with van der Waals surface area (Å²) in [5.41, 5.74) is 2.12. The van der Waals surface area contributed by atoms with Gasteiger partial charge in [-0.25, -0.2) is 9.97 Å². The second-order valence-corrected chi connectivity index (χ2v) is 6.92. The molecule has 1 aliphatic rings. The second kappa shape index (κ2) is 9.32. The topological polar surface area (TPSA) is 58.1 Å². The Kier molecular flexibility index (Phi) is 6.58. The lowest BCUT2D eigenvalue weighted by Crippen LogP contribution is -2.43. The predicted molar refractivity (Wildman–Crippen MR) is 105 cm³/mol. The maximum absolute atomic E-state index is 12.4. The van der Waals surface area contributed by atoms with Gasteiger partial charge in [0.2, 0.25) is 11.9 Å². The van der Waals surface area contributed by atoms with E-state index in [0.29, 0.717) is 12.5 Å². The van der Waals surface area contributed by atoms with E-state index in [-0.39, 0.29) is 11.8 Å². The van der Waals surface area contributed by atoms with Gasteiger partial charge in [-0.2, -0.15) is 0 Å². The first-order valence-corrected chi connectivity index (χ1v) is 9.68. The van der Waals surface area contributed by atoms with E-state index >= 15 is 0 Å². The average molecular weight is 352 g/mol. The molecule has 1 fully saturated rings. The Balaban J connectivity index is 1.58. The van der Waals surface area contributed by atoms with Crippen molar-refractivity contribution in [2.75, 3.05) is 24.5 Å². The molecule has 0 unspecified atom stereocenters. The predicted octanol–water partition coefficient (Wildman–Crippen LogP) is 3.67. The van der Waals surface area contributed by atoms with E-state index in [1.807, 2.05) is 30.6 Å². The van der Waals surface area contributed by atoms with Crippen molar-refractivity contribution in [2.24, 2.45) is 5.92 Å². The molecular weight excluding hydrogens is 324 g/mol. The van der Waals surface area contributed by atoms with Gasteiger partial charge in [0, 0.05) is 37.6 Å². The number of piperidine rings is 1. The van der Waals surface area contributed by atoms with Crippen LogP contribution >= 0.6 is 0 Å². The summed E-state index contributed by atoms with van der Waals surface area (Å²) >= 11 is 0. The first-order valence-electron chi connectivity index (χ1n) is 9.68. The number of aromatic nitrogens is 2. The molecule has 0 radical (unpaired) electrons. The molecule has 1 amide bonds. The number of nitrogens with zero attached hydrogens (tertiary/aromatic N) is 3. The number of benzene rings is 1. The summed E-state index contributed by atoms with van der Waals surface area (Å²) in [6.07, 6.45) is 9.07. The molecule has 1 N–H and O–H groups in total. The van der Waals surface area contributed by atoms with Crippen LogP contribution in [0.15, 0.2) is 42.7 Å². The quantitative estimate of drug-likeness (QED) is 0.773. The molecule has 138 valence electrons. The van der Waals surface area contributed by atoms with Crippen LogP contribution in [0.4, 0.5) is 5.95 Å². The highest BCUT2D eigenvalue weighted by Gasteiger charge is 2.26. The van der Waals surface area contributed by atoms with Crippen molar-refractivity contribution < 1.29 is 4.79 Å². The van der Waals surface area contributed by atoms with E-state index in [1.165, 1.54) is 12.8 Å². The van der Waals surface area contributed by atoms with Gasteiger partial charge in [0.1, 0.15) is 0 Å². The Morgan fingerprint density at radius 2 is 1.92 bits per heavy atom. The number of carbonyl (C=O) groups is 1. The number of unbranched alkanes of at least 4 members (excludes halogenated alkanes) is 2. The number of hydrogen-bond donors (Lipinski definition) is 1. The summed E-state index contributed by atoms with van der Waals surface area (Å²) < 4.78 is 0. The zero-order valence-corrected chi connectivity index (χ0v) is 15.5. The number of nitrogens with one attached hydrogen (secondary N) is 1. The van der Waals surface area contributed by atoms with E-state index in [9.17, 15) is 4.79 Å². The average Bonchev–Trinajstić information content (AvgIpc) is 2.72. The van der Waals surface area contributed by atoms with Crippen molar-refractivity contribution >= 4 is 11.9 Å². The molecule has 1 saturated heterocycles. The molecule has 1 aliphatic heterocycles. The van der Waals surface area contributed by atoms with Crippen molar-refractivity contribution in [1.29, 1.82) is 0 Å². The van der Waals surface area contributed by atoms with Gasteiger partial charge in [0.25, 0.3) is 0 Å². The largest absolute Gasteiger partial charge is 0.356 e. The van der Waals surface area contributed by atoms with Crippen LogP contribution in [-0.4, -0.2) is 35.5 Å². The number of rotatable bonds is 7. The molecule has 2 aromatic rings. The number of anilines is 1. The van der Waals surface area contributed by atoms with E-state index in [1.54, 1.807) is 0 Å². The van der Waals surface area contributed by atoms with Crippen molar-refractivity contribution in [3.63, 3.8) is 0 Å². The highest BCUT2D eigenvalue weighted by molar-refractivity contribution is 5.79. The first-order chi connectivity index (χ1) is 12.8. The third kappa shape index (κ3) is 4.81. The Bertz CT molecular complexity index is 687. The van der Waals surface area contributed by atoms with E-state index < -0.39 is 0 Å². The van der Waals surface area contributed by atoms with Gasteiger partial charge in [-0.05, 0) is 24.8 Å².